The molecule has 0 spiro atoms. The summed E-state index contributed by atoms with van der Waals surface area (Å²) in [5.41, 5.74) is 8.48. The maximum atomic E-state index is 8.57. The van der Waals surface area contributed by atoms with E-state index in [0.29, 0.717) is 5.69 Å². The van der Waals surface area contributed by atoms with Gasteiger partial charge in [-0.25, -0.2) is 0 Å². The van der Waals surface area contributed by atoms with Crippen molar-refractivity contribution in [2.45, 2.75) is 23.6 Å². The molecule has 0 amide bonds. The number of hydrogen-bond donors (Lipinski definition) is 2. The van der Waals surface area contributed by atoms with E-state index in [0.717, 1.165) is 4.90 Å². The Kier molecular flexibility index (Phi) is 4.06. The Labute approximate surface area is 116 Å². The summed E-state index contributed by atoms with van der Waals surface area (Å²) in [5, 5.41) is 11.5. The molecular formula is C14H15N3OS. The topological polar surface area (TPSA) is 71.5 Å². The Hall–Kier alpha value is -2.01. The molecule has 0 fully saturated rings. The molecule has 1 aromatic heterocycles. The van der Waals surface area contributed by atoms with Crippen LogP contribution in [0.5, 0.6) is 0 Å². The third-order valence-electron chi connectivity index (χ3n) is 2.82. The first-order valence-corrected chi connectivity index (χ1v) is 6.61. The predicted octanol–water partition coefficient (Wildman–Crippen LogP) is 2.94. The highest BCUT2D eigenvalue weighted by Crippen LogP contribution is 2.28. The van der Waals surface area contributed by atoms with Crippen LogP contribution in [0.2, 0.25) is 0 Å². The van der Waals surface area contributed by atoms with Gasteiger partial charge in [0.25, 0.3) is 0 Å². The Balaban J connectivity index is 2.17. The molecule has 4 nitrogen and oxygen atoms in total. The van der Waals surface area contributed by atoms with Crippen molar-refractivity contribution < 1.29 is 5.21 Å². The molecule has 19 heavy (non-hydrogen) atoms. The highest BCUT2D eigenvalue weighted by Gasteiger charge is 2.03. The number of nitrogens with zero attached hydrogens (tertiary/aromatic N) is 2. The first-order valence-electron chi connectivity index (χ1n) is 5.79. The van der Waals surface area contributed by atoms with Gasteiger partial charge in [0.1, 0.15) is 5.69 Å². The van der Waals surface area contributed by atoms with Gasteiger partial charge in [-0.05, 0) is 49.2 Å². The molecule has 0 bridgehead atoms. The first-order chi connectivity index (χ1) is 9.10. The van der Waals surface area contributed by atoms with Crippen LogP contribution in [0.15, 0.2) is 51.5 Å². The molecule has 0 radical (unpaired) electrons. The van der Waals surface area contributed by atoms with E-state index in [1.807, 2.05) is 6.07 Å². The molecular weight excluding hydrogens is 258 g/mol. The third kappa shape index (κ3) is 3.26. The Morgan fingerprint density at radius 3 is 2.47 bits per heavy atom. The van der Waals surface area contributed by atoms with Crippen molar-refractivity contribution in [3.8, 4) is 0 Å². The summed E-state index contributed by atoms with van der Waals surface area (Å²) in [6.45, 7) is 4.19. The summed E-state index contributed by atoms with van der Waals surface area (Å²) in [6.07, 6.45) is 1.72. The molecule has 0 aliphatic heterocycles. The van der Waals surface area contributed by atoms with Crippen molar-refractivity contribution in [2.24, 2.45) is 10.9 Å². The van der Waals surface area contributed by atoms with Crippen molar-refractivity contribution in [3.63, 3.8) is 0 Å². The molecule has 0 unspecified atom stereocenters. The van der Waals surface area contributed by atoms with Crippen LogP contribution in [0.1, 0.15) is 16.8 Å². The van der Waals surface area contributed by atoms with Crippen LogP contribution in [0.3, 0.4) is 0 Å². The average molecular weight is 273 g/mol. The van der Waals surface area contributed by atoms with Gasteiger partial charge in [0.15, 0.2) is 5.84 Å². The van der Waals surface area contributed by atoms with Gasteiger partial charge in [-0.2, -0.15) is 0 Å². The molecule has 0 aliphatic rings. The van der Waals surface area contributed by atoms with Gasteiger partial charge < -0.3 is 10.9 Å². The summed E-state index contributed by atoms with van der Waals surface area (Å²) in [4.78, 5) is 6.33. The fourth-order valence-electron chi connectivity index (χ4n) is 1.56. The number of benzene rings is 1. The van der Waals surface area contributed by atoms with Gasteiger partial charge in [0.2, 0.25) is 0 Å². The predicted molar refractivity (Wildman–Crippen MR) is 76.8 cm³/mol. The van der Waals surface area contributed by atoms with Crippen LogP contribution >= 0.6 is 11.8 Å². The van der Waals surface area contributed by atoms with Crippen molar-refractivity contribution in [1.29, 1.82) is 0 Å². The number of hydrogen-bond acceptors (Lipinski definition) is 4. The van der Waals surface area contributed by atoms with Crippen molar-refractivity contribution in [2.75, 3.05) is 0 Å². The van der Waals surface area contributed by atoms with E-state index >= 15 is 0 Å². The first kappa shape index (κ1) is 13.4. The van der Waals surface area contributed by atoms with Crippen LogP contribution < -0.4 is 5.73 Å². The number of pyridine rings is 1. The molecule has 3 N–H and O–H groups in total. The summed E-state index contributed by atoms with van der Waals surface area (Å²) < 4.78 is 0. The minimum Gasteiger partial charge on any atom is -0.409 e. The molecule has 0 saturated carbocycles. The number of aromatic nitrogens is 1. The second kappa shape index (κ2) is 5.75. The molecule has 0 saturated heterocycles. The number of amidine groups is 1. The van der Waals surface area contributed by atoms with Gasteiger partial charge in [-0.3, -0.25) is 4.98 Å². The van der Waals surface area contributed by atoms with Gasteiger partial charge in [-0.15, -0.1) is 0 Å². The van der Waals surface area contributed by atoms with Crippen LogP contribution in [0.4, 0.5) is 0 Å². The second-order valence-corrected chi connectivity index (χ2v) is 5.36. The van der Waals surface area contributed by atoms with Crippen LogP contribution in [-0.2, 0) is 0 Å². The lowest BCUT2D eigenvalue weighted by molar-refractivity contribution is 0.318. The summed E-state index contributed by atoms with van der Waals surface area (Å²) in [6, 6.07) is 9.98. The van der Waals surface area contributed by atoms with Gasteiger partial charge in [0.05, 0.1) is 0 Å². The van der Waals surface area contributed by atoms with E-state index in [1.165, 1.54) is 16.0 Å². The fourth-order valence-corrected chi connectivity index (χ4v) is 2.44. The Morgan fingerprint density at radius 1 is 1.16 bits per heavy atom. The van der Waals surface area contributed by atoms with E-state index in [1.54, 1.807) is 24.0 Å². The van der Waals surface area contributed by atoms with Crippen molar-refractivity contribution in [1.82, 2.24) is 4.98 Å². The second-order valence-electron chi connectivity index (χ2n) is 4.21. The number of oxime groups is 1. The van der Waals surface area contributed by atoms with E-state index in [4.69, 9.17) is 10.9 Å². The fraction of sp³-hybridized carbons (Fsp3) is 0.143. The van der Waals surface area contributed by atoms with E-state index < -0.39 is 0 Å². The lowest BCUT2D eigenvalue weighted by Gasteiger charge is -2.05. The molecule has 0 aliphatic carbocycles. The van der Waals surface area contributed by atoms with Gasteiger partial charge in [0, 0.05) is 16.0 Å². The Morgan fingerprint density at radius 2 is 1.89 bits per heavy atom. The van der Waals surface area contributed by atoms with Crippen molar-refractivity contribution in [3.05, 3.63) is 53.3 Å². The number of aryl methyl sites for hydroxylation is 2. The molecule has 2 rings (SSSR count). The maximum absolute atomic E-state index is 8.57. The standard InChI is InChI=1S/C14H15N3OS/c1-9-3-4-11(7-10(9)2)19-12-5-6-13(16-8-12)14(15)17-18/h3-8,18H,1-2H3,(H2,15,17). The third-order valence-corrected chi connectivity index (χ3v) is 3.79. The SMILES string of the molecule is Cc1ccc(Sc2ccc(/C(N)=N/O)nc2)cc1C. The van der Waals surface area contributed by atoms with E-state index in [-0.39, 0.29) is 5.84 Å². The lowest BCUT2D eigenvalue weighted by atomic mass is 10.1. The summed E-state index contributed by atoms with van der Waals surface area (Å²) in [5.74, 6) is 0.0164. The normalized spacial score (nSPS) is 11.6. The Bertz CT molecular complexity index is 609. The zero-order valence-electron chi connectivity index (χ0n) is 10.8. The average Bonchev–Trinajstić information content (AvgIpc) is 2.43. The van der Waals surface area contributed by atoms with Gasteiger partial charge >= 0.3 is 0 Å². The zero-order valence-corrected chi connectivity index (χ0v) is 11.6. The number of nitrogens with two attached hydrogens (primary N) is 1. The minimum atomic E-state index is 0.0164. The molecule has 1 heterocycles. The summed E-state index contributed by atoms with van der Waals surface area (Å²) in [7, 11) is 0. The molecule has 98 valence electrons. The molecule has 5 heteroatoms. The monoisotopic (exact) mass is 273 g/mol. The minimum absolute atomic E-state index is 0.0164. The molecule has 2 aromatic rings. The summed E-state index contributed by atoms with van der Waals surface area (Å²) >= 11 is 1.63. The van der Waals surface area contributed by atoms with Crippen LogP contribution in [0.25, 0.3) is 0 Å². The quantitative estimate of drug-likeness (QED) is 0.390. The molecule has 0 atom stereocenters. The smallest absolute Gasteiger partial charge is 0.188 e. The molecule has 1 aromatic carbocycles. The highest BCUT2D eigenvalue weighted by atomic mass is 32.2. The highest BCUT2D eigenvalue weighted by molar-refractivity contribution is 7.99. The van der Waals surface area contributed by atoms with E-state index in [2.05, 4.69) is 42.2 Å². The largest absolute Gasteiger partial charge is 0.409 e. The van der Waals surface area contributed by atoms with Gasteiger partial charge in [-0.1, -0.05) is 23.0 Å². The maximum Gasteiger partial charge on any atom is 0.188 e. The number of rotatable bonds is 3. The van der Waals surface area contributed by atoms with Crippen LogP contribution in [-0.4, -0.2) is 16.0 Å². The van der Waals surface area contributed by atoms with E-state index in [9.17, 15) is 0 Å². The lowest BCUT2D eigenvalue weighted by Crippen LogP contribution is -2.14. The zero-order chi connectivity index (χ0) is 13.8. The van der Waals surface area contributed by atoms with Crippen molar-refractivity contribution >= 4 is 17.6 Å². The van der Waals surface area contributed by atoms with Crippen LogP contribution in [0, 0.1) is 13.8 Å².